The molecule has 0 unspecified atom stereocenters. The normalized spacial score (nSPS) is 16.1. The number of ketones is 1. The molecule has 0 aliphatic carbocycles. The van der Waals surface area contributed by atoms with Crippen molar-refractivity contribution in [3.8, 4) is 5.75 Å². The summed E-state index contributed by atoms with van der Waals surface area (Å²) >= 11 is 0. The van der Waals surface area contributed by atoms with E-state index in [2.05, 4.69) is 4.98 Å². The lowest BCUT2D eigenvalue weighted by Gasteiger charge is -2.19. The summed E-state index contributed by atoms with van der Waals surface area (Å²) in [5.74, 6) is -0.674. The van der Waals surface area contributed by atoms with E-state index in [1.165, 1.54) is 12.1 Å². The largest absolute Gasteiger partial charge is 0.485 e. The number of hydrogen-bond acceptors (Lipinski definition) is 3. The Kier molecular flexibility index (Phi) is 2.83. The monoisotopic (exact) mass is 255 g/mol. The van der Waals surface area contributed by atoms with Crippen LogP contribution in [0.5, 0.6) is 5.75 Å². The summed E-state index contributed by atoms with van der Waals surface area (Å²) in [5, 5.41) is 0. The highest BCUT2D eigenvalue weighted by Gasteiger charge is 2.25. The summed E-state index contributed by atoms with van der Waals surface area (Å²) in [5.41, 5.74) is 1.57. The number of carbonyl (C=O) groups excluding carboxylic acids is 1. The van der Waals surface area contributed by atoms with E-state index in [9.17, 15) is 9.18 Å². The Morgan fingerprint density at radius 3 is 2.95 bits per heavy atom. The highest BCUT2D eigenvalue weighted by Crippen LogP contribution is 2.30. The molecule has 19 heavy (non-hydrogen) atoms. The third-order valence-electron chi connectivity index (χ3n) is 2.90. The average molecular weight is 255 g/mol. The molecule has 0 spiro atoms. The minimum atomic E-state index is -0.508. The first-order valence-corrected chi connectivity index (χ1v) is 5.82. The predicted molar refractivity (Wildman–Crippen MR) is 68.4 cm³/mol. The number of fused-ring (bicyclic) bond motifs is 1. The summed E-state index contributed by atoms with van der Waals surface area (Å²) < 4.78 is 18.8. The number of rotatable bonds is 1. The smallest absolute Gasteiger partial charge is 0.196 e. The summed E-state index contributed by atoms with van der Waals surface area (Å²) in [6, 6.07) is 7.98. The number of carbonyl (C=O) groups is 1. The lowest BCUT2D eigenvalue weighted by molar-refractivity contribution is 0.0998. The second-order valence-corrected chi connectivity index (χ2v) is 4.19. The maximum Gasteiger partial charge on any atom is 0.196 e. The molecule has 0 N–H and O–H groups in total. The third kappa shape index (κ3) is 2.12. The fraction of sp³-hybridized carbons (Fsp3) is 0.0667. The van der Waals surface area contributed by atoms with Gasteiger partial charge in [-0.2, -0.15) is 0 Å². The van der Waals surface area contributed by atoms with Crippen LogP contribution in [0.2, 0.25) is 0 Å². The van der Waals surface area contributed by atoms with Crippen LogP contribution < -0.4 is 4.74 Å². The van der Waals surface area contributed by atoms with Gasteiger partial charge in [-0.3, -0.25) is 9.78 Å². The number of hydrogen-bond donors (Lipinski definition) is 0. The van der Waals surface area contributed by atoms with Gasteiger partial charge in [0.05, 0.1) is 5.56 Å². The molecule has 4 heteroatoms. The van der Waals surface area contributed by atoms with Gasteiger partial charge in [0.15, 0.2) is 17.3 Å². The van der Waals surface area contributed by atoms with E-state index in [4.69, 9.17) is 4.74 Å². The summed E-state index contributed by atoms with van der Waals surface area (Å²) in [4.78, 5) is 16.2. The fourth-order valence-electron chi connectivity index (χ4n) is 1.99. The quantitative estimate of drug-likeness (QED) is 0.735. The van der Waals surface area contributed by atoms with Crippen molar-refractivity contribution in [2.45, 2.75) is 0 Å². The van der Waals surface area contributed by atoms with Crippen LogP contribution in [0.25, 0.3) is 6.08 Å². The number of para-hydroxylation sites is 1. The maximum atomic E-state index is 13.5. The third-order valence-corrected chi connectivity index (χ3v) is 2.90. The second kappa shape index (κ2) is 4.65. The van der Waals surface area contributed by atoms with Gasteiger partial charge in [-0.25, -0.2) is 4.39 Å². The molecule has 2 aromatic rings. The summed E-state index contributed by atoms with van der Waals surface area (Å²) in [6.45, 7) is 0.0711. The van der Waals surface area contributed by atoms with E-state index in [-0.39, 0.29) is 23.7 Å². The molecule has 0 fully saturated rings. The Labute approximate surface area is 109 Å². The van der Waals surface area contributed by atoms with Crippen LogP contribution in [0.1, 0.15) is 15.9 Å². The molecule has 2 heterocycles. The van der Waals surface area contributed by atoms with Gasteiger partial charge >= 0.3 is 0 Å². The second-order valence-electron chi connectivity index (χ2n) is 4.19. The maximum absolute atomic E-state index is 13.5. The number of ether oxygens (including phenoxy) is 1. The molecular weight excluding hydrogens is 245 g/mol. The Balaban J connectivity index is 2.01. The SMILES string of the molecule is O=C1/C(=C/c2cccnc2)COc2c(F)cccc21. The molecule has 3 rings (SSSR count). The first kappa shape index (κ1) is 11.6. The Hall–Kier alpha value is -2.49. The molecular formula is C15H10FNO2. The van der Waals surface area contributed by atoms with Crippen LogP contribution in [-0.2, 0) is 0 Å². The topological polar surface area (TPSA) is 39.2 Å². The van der Waals surface area contributed by atoms with E-state index in [0.29, 0.717) is 5.57 Å². The Bertz CT molecular complexity index is 665. The van der Waals surface area contributed by atoms with Crippen LogP contribution in [0, 0.1) is 5.82 Å². The minimum absolute atomic E-state index is 0.0378. The number of Topliss-reactive ketones (excluding diaryl/α,β-unsaturated/α-hetero) is 1. The van der Waals surface area contributed by atoms with Gasteiger partial charge in [-0.05, 0) is 29.8 Å². The molecule has 1 aliphatic heterocycles. The van der Waals surface area contributed by atoms with Crippen molar-refractivity contribution in [3.05, 3.63) is 65.2 Å². The van der Waals surface area contributed by atoms with Gasteiger partial charge in [-0.1, -0.05) is 12.1 Å². The molecule has 0 saturated carbocycles. The van der Waals surface area contributed by atoms with E-state index < -0.39 is 5.82 Å². The van der Waals surface area contributed by atoms with Crippen molar-refractivity contribution in [2.24, 2.45) is 0 Å². The van der Waals surface area contributed by atoms with Crippen molar-refractivity contribution in [1.29, 1.82) is 0 Å². The number of nitrogens with zero attached hydrogens (tertiary/aromatic N) is 1. The van der Waals surface area contributed by atoms with E-state index >= 15 is 0 Å². The van der Waals surface area contributed by atoms with E-state index in [0.717, 1.165) is 5.56 Å². The zero-order chi connectivity index (χ0) is 13.2. The van der Waals surface area contributed by atoms with Gasteiger partial charge in [0.1, 0.15) is 6.61 Å². The molecule has 94 valence electrons. The van der Waals surface area contributed by atoms with Crippen molar-refractivity contribution < 1.29 is 13.9 Å². The first-order valence-electron chi connectivity index (χ1n) is 5.82. The highest BCUT2D eigenvalue weighted by atomic mass is 19.1. The molecule has 0 amide bonds. The lowest BCUT2D eigenvalue weighted by atomic mass is 9.98. The number of pyridine rings is 1. The van der Waals surface area contributed by atoms with Gasteiger partial charge in [0, 0.05) is 18.0 Å². The Morgan fingerprint density at radius 2 is 2.16 bits per heavy atom. The van der Waals surface area contributed by atoms with Crippen LogP contribution >= 0.6 is 0 Å². The van der Waals surface area contributed by atoms with Gasteiger partial charge in [0.25, 0.3) is 0 Å². The number of benzene rings is 1. The van der Waals surface area contributed by atoms with Gasteiger partial charge < -0.3 is 4.74 Å². The summed E-state index contributed by atoms with van der Waals surface area (Å²) in [6.07, 6.45) is 5.02. The molecule has 1 aromatic carbocycles. The van der Waals surface area contributed by atoms with Crippen molar-refractivity contribution in [3.63, 3.8) is 0 Å². The van der Waals surface area contributed by atoms with Crippen LogP contribution in [0.3, 0.4) is 0 Å². The van der Waals surface area contributed by atoms with Gasteiger partial charge in [0.2, 0.25) is 0 Å². The van der Waals surface area contributed by atoms with E-state index in [1.54, 1.807) is 30.6 Å². The van der Waals surface area contributed by atoms with Crippen molar-refractivity contribution in [2.75, 3.05) is 6.61 Å². The Morgan fingerprint density at radius 1 is 1.26 bits per heavy atom. The first-order chi connectivity index (χ1) is 9.25. The van der Waals surface area contributed by atoms with Crippen molar-refractivity contribution >= 4 is 11.9 Å². The molecule has 0 atom stereocenters. The van der Waals surface area contributed by atoms with Crippen LogP contribution in [-0.4, -0.2) is 17.4 Å². The zero-order valence-corrected chi connectivity index (χ0v) is 9.97. The molecule has 1 aliphatic rings. The van der Waals surface area contributed by atoms with Gasteiger partial charge in [-0.15, -0.1) is 0 Å². The van der Waals surface area contributed by atoms with Crippen LogP contribution in [0.4, 0.5) is 4.39 Å². The van der Waals surface area contributed by atoms with Crippen LogP contribution in [0.15, 0.2) is 48.3 Å². The number of halogens is 1. The zero-order valence-electron chi connectivity index (χ0n) is 9.97. The molecule has 0 saturated heterocycles. The standard InChI is InChI=1S/C15H10FNO2/c16-13-5-1-4-12-14(18)11(9-19-15(12)13)7-10-3-2-6-17-8-10/h1-8H,9H2/b11-7+. The minimum Gasteiger partial charge on any atom is -0.485 e. The van der Waals surface area contributed by atoms with E-state index in [1.807, 2.05) is 6.07 Å². The lowest BCUT2D eigenvalue weighted by Crippen LogP contribution is -2.19. The molecule has 1 aromatic heterocycles. The predicted octanol–water partition coefficient (Wildman–Crippen LogP) is 2.88. The number of aromatic nitrogens is 1. The average Bonchev–Trinajstić information content (AvgIpc) is 2.44. The fourth-order valence-corrected chi connectivity index (χ4v) is 1.99. The van der Waals surface area contributed by atoms with Crippen molar-refractivity contribution in [1.82, 2.24) is 4.98 Å². The molecule has 0 radical (unpaired) electrons. The molecule has 0 bridgehead atoms. The molecule has 3 nitrogen and oxygen atoms in total. The highest BCUT2D eigenvalue weighted by molar-refractivity contribution is 6.14. The summed E-state index contributed by atoms with van der Waals surface area (Å²) in [7, 11) is 0.